The van der Waals surface area contributed by atoms with E-state index in [-0.39, 0.29) is 0 Å². The Labute approximate surface area is 115 Å². The van der Waals surface area contributed by atoms with Crippen LogP contribution in [-0.2, 0) is 6.54 Å². The van der Waals surface area contributed by atoms with E-state index in [1.165, 1.54) is 17.5 Å². The molecule has 0 aromatic heterocycles. The minimum absolute atomic E-state index is 0.348. The van der Waals surface area contributed by atoms with Crippen molar-refractivity contribution in [3.8, 4) is 0 Å². The molecule has 1 aliphatic heterocycles. The Hall–Kier alpha value is -0.510. The van der Waals surface area contributed by atoms with Gasteiger partial charge in [-0.3, -0.25) is 0 Å². The lowest BCUT2D eigenvalue weighted by Crippen LogP contribution is -2.18. The number of benzene rings is 1. The fourth-order valence-electron chi connectivity index (χ4n) is 2.48. The van der Waals surface area contributed by atoms with E-state index >= 15 is 0 Å². The first-order valence-electron chi connectivity index (χ1n) is 6.68. The van der Waals surface area contributed by atoms with Crippen LogP contribution in [0.1, 0.15) is 44.4 Å². The maximum absolute atomic E-state index is 5.70. The molecular weight excluding hydrogens is 240 g/mol. The summed E-state index contributed by atoms with van der Waals surface area (Å²) >= 11 is 2.09. The van der Waals surface area contributed by atoms with E-state index in [9.17, 15) is 0 Å². The first kappa shape index (κ1) is 13.9. The van der Waals surface area contributed by atoms with Gasteiger partial charge in [-0.1, -0.05) is 45.0 Å². The molecule has 1 aromatic carbocycles. The Bertz CT molecular complexity index is 398. The Morgan fingerprint density at radius 3 is 2.83 bits per heavy atom. The molecule has 1 aromatic rings. The van der Waals surface area contributed by atoms with Crippen LogP contribution in [-0.4, -0.2) is 16.5 Å². The van der Waals surface area contributed by atoms with Crippen LogP contribution in [0.5, 0.6) is 0 Å². The molecule has 0 saturated carbocycles. The third kappa shape index (κ3) is 3.74. The van der Waals surface area contributed by atoms with E-state index < -0.39 is 0 Å². The van der Waals surface area contributed by atoms with Gasteiger partial charge in [-0.15, -0.1) is 0 Å². The van der Waals surface area contributed by atoms with Crippen molar-refractivity contribution >= 4 is 11.8 Å². The quantitative estimate of drug-likeness (QED) is 0.881. The summed E-state index contributed by atoms with van der Waals surface area (Å²) in [6.07, 6.45) is 1.22. The average Bonchev–Trinajstić information content (AvgIpc) is 2.75. The predicted octanol–water partition coefficient (Wildman–Crippen LogP) is 3.08. The maximum Gasteiger partial charge on any atom is 0.0331 e. The fourth-order valence-corrected chi connectivity index (χ4v) is 3.95. The summed E-state index contributed by atoms with van der Waals surface area (Å²) in [5, 5.41) is 4.35. The van der Waals surface area contributed by atoms with Crippen molar-refractivity contribution in [2.24, 2.45) is 5.73 Å². The van der Waals surface area contributed by atoms with Crippen LogP contribution in [0.25, 0.3) is 0 Å². The highest BCUT2D eigenvalue weighted by atomic mass is 32.2. The van der Waals surface area contributed by atoms with Gasteiger partial charge in [0.05, 0.1) is 0 Å². The molecule has 0 aliphatic carbocycles. The van der Waals surface area contributed by atoms with Crippen molar-refractivity contribution in [2.75, 3.05) is 6.54 Å². The zero-order chi connectivity index (χ0) is 13.2. The smallest absolute Gasteiger partial charge is 0.0331 e. The molecule has 3 heteroatoms. The van der Waals surface area contributed by atoms with Crippen LogP contribution >= 0.6 is 11.8 Å². The van der Waals surface area contributed by atoms with Gasteiger partial charge in [-0.25, -0.2) is 0 Å². The monoisotopic (exact) mass is 264 g/mol. The normalized spacial score (nSPS) is 24.4. The molecule has 0 amide bonds. The highest BCUT2D eigenvalue weighted by Crippen LogP contribution is 2.36. The summed E-state index contributed by atoms with van der Waals surface area (Å²) in [6, 6.07) is 9.16. The molecule has 0 radical (unpaired) electrons. The van der Waals surface area contributed by atoms with E-state index in [4.69, 9.17) is 5.73 Å². The van der Waals surface area contributed by atoms with Crippen molar-refractivity contribution < 1.29 is 0 Å². The molecule has 100 valence electrons. The summed E-state index contributed by atoms with van der Waals surface area (Å²) in [5.74, 6) is 0. The predicted molar refractivity (Wildman–Crippen MR) is 80.8 cm³/mol. The number of hydrogen-bond acceptors (Lipinski definition) is 3. The molecule has 1 heterocycles. The standard InChI is InChI=1S/C15H24N2S/c1-15(2,3)18-13-8-14(17-10-13)12-6-4-5-11(7-12)9-16/h4-7,13-14,17H,8-10,16H2,1-3H3. The second-order valence-electron chi connectivity index (χ2n) is 6.00. The lowest BCUT2D eigenvalue weighted by molar-refractivity contribution is 0.647. The summed E-state index contributed by atoms with van der Waals surface area (Å²) in [5.41, 5.74) is 8.31. The van der Waals surface area contributed by atoms with Gasteiger partial charge in [0.2, 0.25) is 0 Å². The van der Waals surface area contributed by atoms with Crippen LogP contribution in [0.4, 0.5) is 0 Å². The molecule has 2 atom stereocenters. The van der Waals surface area contributed by atoms with Crippen molar-refractivity contribution in [1.82, 2.24) is 5.32 Å². The molecule has 1 saturated heterocycles. The minimum Gasteiger partial charge on any atom is -0.326 e. The summed E-state index contributed by atoms with van der Waals surface area (Å²) < 4.78 is 0.348. The molecule has 18 heavy (non-hydrogen) atoms. The van der Waals surface area contributed by atoms with Crippen molar-refractivity contribution in [3.05, 3.63) is 35.4 Å². The molecule has 1 fully saturated rings. The van der Waals surface area contributed by atoms with Gasteiger partial charge in [-0.05, 0) is 17.5 Å². The number of nitrogens with one attached hydrogen (secondary N) is 1. The molecule has 2 unspecified atom stereocenters. The molecular formula is C15H24N2S. The van der Waals surface area contributed by atoms with Gasteiger partial charge in [-0.2, -0.15) is 11.8 Å². The van der Waals surface area contributed by atoms with E-state index in [1.807, 2.05) is 0 Å². The first-order valence-corrected chi connectivity index (χ1v) is 7.56. The number of thioether (sulfide) groups is 1. The molecule has 0 spiro atoms. The van der Waals surface area contributed by atoms with Gasteiger partial charge >= 0.3 is 0 Å². The van der Waals surface area contributed by atoms with Crippen LogP contribution in [0.15, 0.2) is 24.3 Å². The fraction of sp³-hybridized carbons (Fsp3) is 0.600. The van der Waals surface area contributed by atoms with Gasteiger partial charge < -0.3 is 11.1 Å². The van der Waals surface area contributed by atoms with Crippen molar-refractivity contribution in [1.29, 1.82) is 0 Å². The lowest BCUT2D eigenvalue weighted by Gasteiger charge is -2.22. The SMILES string of the molecule is CC(C)(C)SC1CNC(c2cccc(CN)c2)C1. The molecule has 2 nitrogen and oxygen atoms in total. The number of rotatable bonds is 3. The molecule has 2 rings (SSSR count). The van der Waals surface area contributed by atoms with Crippen molar-refractivity contribution in [3.63, 3.8) is 0 Å². The van der Waals surface area contributed by atoms with E-state index in [0.717, 1.165) is 11.8 Å². The van der Waals surface area contributed by atoms with E-state index in [1.54, 1.807) is 0 Å². The minimum atomic E-state index is 0.348. The third-order valence-electron chi connectivity index (χ3n) is 3.20. The Morgan fingerprint density at radius 2 is 2.17 bits per heavy atom. The zero-order valence-corrected chi connectivity index (χ0v) is 12.4. The molecule has 0 bridgehead atoms. The maximum atomic E-state index is 5.70. The van der Waals surface area contributed by atoms with Gasteiger partial charge in [0.25, 0.3) is 0 Å². The van der Waals surface area contributed by atoms with Crippen LogP contribution in [0, 0.1) is 0 Å². The Kier molecular flexibility index (Phi) is 4.36. The van der Waals surface area contributed by atoms with Crippen molar-refractivity contribution in [2.45, 2.75) is 49.8 Å². The van der Waals surface area contributed by atoms with Gasteiger partial charge in [0.15, 0.2) is 0 Å². The van der Waals surface area contributed by atoms with Crippen LogP contribution in [0.2, 0.25) is 0 Å². The van der Waals surface area contributed by atoms with Crippen LogP contribution in [0.3, 0.4) is 0 Å². The second kappa shape index (κ2) is 5.64. The first-order chi connectivity index (χ1) is 8.48. The number of hydrogen-bond donors (Lipinski definition) is 2. The Balaban J connectivity index is 1.99. The average molecular weight is 264 g/mol. The van der Waals surface area contributed by atoms with E-state index in [0.29, 0.717) is 17.3 Å². The summed E-state index contributed by atoms with van der Waals surface area (Å²) in [6.45, 7) is 8.61. The summed E-state index contributed by atoms with van der Waals surface area (Å²) in [7, 11) is 0. The topological polar surface area (TPSA) is 38.0 Å². The van der Waals surface area contributed by atoms with Gasteiger partial charge in [0, 0.05) is 29.1 Å². The van der Waals surface area contributed by atoms with E-state index in [2.05, 4.69) is 62.1 Å². The third-order valence-corrected chi connectivity index (χ3v) is 4.60. The zero-order valence-electron chi connectivity index (χ0n) is 11.6. The highest BCUT2D eigenvalue weighted by Gasteiger charge is 2.28. The Morgan fingerprint density at radius 1 is 1.39 bits per heavy atom. The number of nitrogens with two attached hydrogens (primary N) is 1. The molecule has 1 aliphatic rings. The lowest BCUT2D eigenvalue weighted by atomic mass is 10.0. The largest absolute Gasteiger partial charge is 0.326 e. The second-order valence-corrected chi connectivity index (χ2v) is 8.13. The van der Waals surface area contributed by atoms with Gasteiger partial charge in [0.1, 0.15) is 0 Å². The summed E-state index contributed by atoms with van der Waals surface area (Å²) in [4.78, 5) is 0. The van der Waals surface area contributed by atoms with Crippen LogP contribution < -0.4 is 11.1 Å². The highest BCUT2D eigenvalue weighted by molar-refractivity contribution is 8.01. The molecule has 3 N–H and O–H groups in total.